The number of H-pyrrole nitrogens is 1. The lowest BCUT2D eigenvalue weighted by atomic mass is 10.3. The van der Waals surface area contributed by atoms with Gasteiger partial charge >= 0.3 is 5.97 Å². The van der Waals surface area contributed by atoms with E-state index in [4.69, 9.17) is 72.2 Å². The number of carbonyl (C=O) groups is 2. The largest absolute Gasteiger partial charge is 0.483 e. The number of benzene rings is 4. The summed E-state index contributed by atoms with van der Waals surface area (Å²) in [7, 11) is 0. The Morgan fingerprint density at radius 1 is 0.688 bits per heavy atom. The van der Waals surface area contributed by atoms with E-state index in [2.05, 4.69) is 19.9 Å². The van der Waals surface area contributed by atoms with Gasteiger partial charge in [-0.3, -0.25) is 9.59 Å². The number of hydrogen-bond donors (Lipinski definition) is 1. The van der Waals surface area contributed by atoms with Crippen molar-refractivity contribution >= 4 is 104 Å². The molecule has 48 heavy (non-hydrogen) atoms. The first-order valence-electron chi connectivity index (χ1n) is 13.3. The molecule has 0 aliphatic heterocycles. The van der Waals surface area contributed by atoms with Crippen molar-refractivity contribution in [1.29, 1.82) is 0 Å². The van der Waals surface area contributed by atoms with Gasteiger partial charge in [0.25, 0.3) is 10.8 Å². The van der Waals surface area contributed by atoms with E-state index in [1.165, 1.54) is 24.5 Å². The molecule has 1 N–H and O–H groups in total. The summed E-state index contributed by atoms with van der Waals surface area (Å²) < 4.78 is 15.4. The Labute approximate surface area is 304 Å². The number of carbonyl (C=O) groups excluding carboxylic acids is 2. The topological polar surface area (TPSA) is 133 Å². The summed E-state index contributed by atoms with van der Waals surface area (Å²) in [5, 5.41) is 1.08. The summed E-state index contributed by atoms with van der Waals surface area (Å²) in [4.78, 5) is 47.9. The number of aromatic nitrogens is 4. The third kappa shape index (κ3) is 12.1. The average Bonchev–Trinajstić information content (AvgIpc) is 3.04. The lowest BCUT2D eigenvalue weighted by Crippen LogP contribution is -2.18. The number of esters is 1. The van der Waals surface area contributed by atoms with Crippen LogP contribution in [-0.4, -0.2) is 44.4 Å². The molecule has 0 saturated carbocycles. The van der Waals surface area contributed by atoms with Crippen LogP contribution in [0, 0.1) is 0 Å². The Hall–Kier alpha value is -4.16. The van der Waals surface area contributed by atoms with Gasteiger partial charge in [-0.25, -0.2) is 19.7 Å². The van der Waals surface area contributed by atoms with Crippen LogP contribution >= 0.6 is 70.4 Å². The van der Waals surface area contributed by atoms with Crippen LogP contribution in [0.5, 0.6) is 17.4 Å². The first-order valence-corrected chi connectivity index (χ1v) is 15.2. The average molecular weight is 771 g/mol. The van der Waals surface area contributed by atoms with Crippen LogP contribution < -0.4 is 19.8 Å². The highest BCUT2D eigenvalue weighted by atomic mass is 35.5. The van der Waals surface area contributed by atoms with E-state index in [-0.39, 0.29) is 37.1 Å². The lowest BCUT2D eigenvalue weighted by Gasteiger charge is -2.08. The summed E-state index contributed by atoms with van der Waals surface area (Å²) in [6.07, 6.45) is 2.66. The van der Waals surface area contributed by atoms with Crippen molar-refractivity contribution in [3.8, 4) is 17.4 Å². The summed E-state index contributed by atoms with van der Waals surface area (Å²) in [5.74, 6) is 0.234. The summed E-state index contributed by atoms with van der Waals surface area (Å²) in [6, 6.07) is 24.1. The van der Waals surface area contributed by atoms with E-state index in [0.717, 1.165) is 16.6 Å². The van der Waals surface area contributed by atoms with Crippen molar-refractivity contribution in [3.05, 3.63) is 128 Å². The van der Waals surface area contributed by atoms with Gasteiger partial charge in [0.15, 0.2) is 13.2 Å². The highest BCUT2D eigenvalue weighted by Gasteiger charge is 2.10. The van der Waals surface area contributed by atoms with Gasteiger partial charge in [-0.2, -0.15) is 0 Å². The number of hydrogen-bond acceptors (Lipinski definition) is 9. The summed E-state index contributed by atoms with van der Waals surface area (Å²) in [6.45, 7) is -0.515. The maximum absolute atomic E-state index is 11.8. The van der Waals surface area contributed by atoms with E-state index in [1.807, 2.05) is 42.5 Å². The number of rotatable bonds is 7. The molecule has 2 heterocycles. The highest BCUT2D eigenvalue weighted by molar-refractivity contribution is 6.64. The SMILES string of the molecule is Cl.O=C(COc1ccc(Cl)cc1Cl)Oc1cnc2ccccc2n1.O=C(Cl)COc1ccc(Cl)cc1Cl.O=c1cnc2ccccc2[nH]1. The van der Waals surface area contributed by atoms with Gasteiger partial charge in [0.1, 0.15) is 11.5 Å². The molecular formula is C32H22Cl6N4O6. The number of halogens is 6. The van der Waals surface area contributed by atoms with Crippen molar-refractivity contribution in [2.45, 2.75) is 0 Å². The molecule has 0 bridgehead atoms. The molecule has 0 amide bonds. The van der Waals surface area contributed by atoms with E-state index >= 15 is 0 Å². The third-order valence-electron chi connectivity index (χ3n) is 5.60. The molecule has 0 aliphatic rings. The van der Waals surface area contributed by atoms with Crippen molar-refractivity contribution < 1.29 is 23.8 Å². The predicted molar refractivity (Wildman–Crippen MR) is 190 cm³/mol. The molecule has 0 saturated heterocycles. The van der Waals surface area contributed by atoms with Crippen LogP contribution in [-0.2, 0) is 9.59 Å². The Balaban J connectivity index is 0.000000212. The molecule has 0 unspecified atom stereocenters. The molecule has 248 valence electrons. The van der Waals surface area contributed by atoms with Crippen LogP contribution in [0.2, 0.25) is 20.1 Å². The quantitative estimate of drug-likeness (QED) is 0.126. The zero-order valence-electron chi connectivity index (χ0n) is 24.2. The molecule has 6 rings (SSSR count). The fourth-order valence-corrected chi connectivity index (χ4v) is 4.56. The van der Waals surface area contributed by atoms with E-state index in [0.29, 0.717) is 37.1 Å². The fraction of sp³-hybridized carbons (Fsp3) is 0.0625. The Morgan fingerprint density at radius 3 is 1.83 bits per heavy atom. The van der Waals surface area contributed by atoms with E-state index < -0.39 is 11.2 Å². The summed E-state index contributed by atoms with van der Waals surface area (Å²) in [5.41, 5.74) is 2.78. The van der Waals surface area contributed by atoms with E-state index in [9.17, 15) is 14.4 Å². The Bertz CT molecular complexity index is 2080. The fourth-order valence-electron chi connectivity index (χ4n) is 3.58. The van der Waals surface area contributed by atoms with Crippen molar-refractivity contribution in [2.24, 2.45) is 0 Å². The number of para-hydroxylation sites is 4. The number of aromatic amines is 1. The van der Waals surface area contributed by atoms with Gasteiger partial charge in [0, 0.05) is 10.0 Å². The molecule has 10 nitrogen and oxygen atoms in total. The third-order valence-corrected chi connectivity index (χ3v) is 6.77. The molecule has 0 radical (unpaired) electrons. The standard InChI is InChI=1S/C16H10Cl2N2O3.C8H5Cl3O2.C8H6N2O.ClH/c17-10-5-6-14(11(18)7-10)22-9-16(21)23-15-8-19-12-3-1-2-4-13(12)20-15;9-5-1-2-7(6(10)3-5)13-4-8(11)12;11-8-5-9-6-3-1-2-4-7(6)10-8;/h1-8H,9H2;1-3H,4H2;1-5H,(H,10,11);1H. The maximum Gasteiger partial charge on any atom is 0.350 e. The van der Waals surface area contributed by atoms with E-state index in [1.54, 1.807) is 30.3 Å². The number of ether oxygens (including phenoxy) is 3. The zero-order valence-corrected chi connectivity index (χ0v) is 28.8. The Morgan fingerprint density at radius 2 is 1.23 bits per heavy atom. The molecule has 0 aliphatic carbocycles. The van der Waals surface area contributed by atoms with Gasteiger partial charge in [0.2, 0.25) is 5.88 Å². The smallest absolute Gasteiger partial charge is 0.350 e. The second-order valence-corrected chi connectivity index (χ2v) is 11.1. The van der Waals surface area contributed by atoms with Crippen LogP contribution in [0.25, 0.3) is 22.1 Å². The highest BCUT2D eigenvalue weighted by Crippen LogP contribution is 2.28. The van der Waals surface area contributed by atoms with Crippen molar-refractivity contribution in [3.63, 3.8) is 0 Å². The predicted octanol–water partition coefficient (Wildman–Crippen LogP) is 8.40. The Kier molecular flexibility index (Phi) is 15.1. The van der Waals surface area contributed by atoms with Crippen molar-refractivity contribution in [2.75, 3.05) is 13.2 Å². The van der Waals surface area contributed by atoms with Crippen LogP contribution in [0.1, 0.15) is 0 Å². The lowest BCUT2D eigenvalue weighted by molar-refractivity contribution is -0.136. The second kappa shape index (κ2) is 19.0. The monoisotopic (exact) mass is 768 g/mol. The first kappa shape index (κ1) is 38.3. The number of fused-ring (bicyclic) bond motifs is 2. The molecule has 2 aromatic heterocycles. The van der Waals surface area contributed by atoms with Gasteiger partial charge < -0.3 is 19.2 Å². The van der Waals surface area contributed by atoms with Gasteiger partial charge in [-0.05, 0) is 72.3 Å². The zero-order chi connectivity index (χ0) is 33.8. The van der Waals surface area contributed by atoms with Gasteiger partial charge in [-0.15, -0.1) is 12.4 Å². The second-order valence-electron chi connectivity index (χ2n) is 9.02. The molecule has 0 fully saturated rings. The first-order chi connectivity index (χ1) is 22.6. The molecule has 0 spiro atoms. The van der Waals surface area contributed by atoms with Crippen LogP contribution in [0.3, 0.4) is 0 Å². The number of nitrogens with zero attached hydrogens (tertiary/aromatic N) is 3. The molecule has 6 aromatic rings. The van der Waals surface area contributed by atoms with Crippen LogP contribution in [0.15, 0.2) is 102 Å². The normalized spacial score (nSPS) is 10.0. The summed E-state index contributed by atoms with van der Waals surface area (Å²) >= 11 is 28.2. The minimum Gasteiger partial charge on any atom is -0.483 e. The molecule has 4 aromatic carbocycles. The van der Waals surface area contributed by atoms with Crippen LogP contribution in [0.4, 0.5) is 0 Å². The van der Waals surface area contributed by atoms with Gasteiger partial charge in [0.05, 0.1) is 44.5 Å². The maximum atomic E-state index is 11.8. The molecular weight excluding hydrogens is 749 g/mol. The minimum atomic E-state index is -0.611. The minimum absolute atomic E-state index is 0. The molecule has 0 atom stereocenters. The van der Waals surface area contributed by atoms with Gasteiger partial charge in [-0.1, -0.05) is 70.7 Å². The molecule has 16 heteroatoms. The van der Waals surface area contributed by atoms with Crippen molar-refractivity contribution in [1.82, 2.24) is 19.9 Å². The number of nitrogens with one attached hydrogen (secondary N) is 1.